The van der Waals surface area contributed by atoms with Crippen molar-refractivity contribution in [2.75, 3.05) is 40.1 Å². The molecule has 0 bridgehead atoms. The molecule has 0 saturated heterocycles. The Bertz CT molecular complexity index is 217. The van der Waals surface area contributed by atoms with Crippen LogP contribution in [0.15, 0.2) is 0 Å². The van der Waals surface area contributed by atoms with E-state index in [0.29, 0.717) is 45.9 Å². The smallest absolute Gasteiger partial charge is 0.308 e. The van der Waals surface area contributed by atoms with Gasteiger partial charge < -0.3 is 18.9 Å². The van der Waals surface area contributed by atoms with Crippen LogP contribution in [0.2, 0.25) is 0 Å². The maximum Gasteiger partial charge on any atom is 0.308 e. The summed E-state index contributed by atoms with van der Waals surface area (Å²) in [5, 5.41) is 0. The maximum atomic E-state index is 10.6. The summed E-state index contributed by atoms with van der Waals surface area (Å²) in [6, 6.07) is 0. The standard InChI is InChI=1S/C7H14O3.C6H12O3/c1-3-9-6-5-7(8)10-4-2;1-3-9-5-4-6(7)8-2/h3-6H2,1-2H3;3-5H2,1-2H3. The zero-order valence-electron chi connectivity index (χ0n) is 12.4. The van der Waals surface area contributed by atoms with Crippen LogP contribution in [0, 0.1) is 0 Å². The van der Waals surface area contributed by atoms with Crippen molar-refractivity contribution in [3.05, 3.63) is 0 Å². The van der Waals surface area contributed by atoms with E-state index >= 15 is 0 Å². The van der Waals surface area contributed by atoms with Gasteiger partial charge in [-0.2, -0.15) is 0 Å². The zero-order valence-corrected chi connectivity index (χ0v) is 12.4. The second-order valence-corrected chi connectivity index (χ2v) is 3.28. The molecule has 6 nitrogen and oxygen atoms in total. The van der Waals surface area contributed by atoms with E-state index in [2.05, 4.69) is 9.47 Å². The Morgan fingerprint density at radius 1 is 0.789 bits per heavy atom. The maximum absolute atomic E-state index is 10.6. The first kappa shape index (κ1) is 20.2. The molecule has 0 aromatic heterocycles. The minimum absolute atomic E-state index is 0.184. The second kappa shape index (κ2) is 16.9. The molecule has 0 atom stereocenters. The van der Waals surface area contributed by atoms with E-state index in [1.807, 2.05) is 13.8 Å². The van der Waals surface area contributed by atoms with Crippen LogP contribution in [-0.4, -0.2) is 52.1 Å². The van der Waals surface area contributed by atoms with Crippen molar-refractivity contribution in [1.29, 1.82) is 0 Å². The molecule has 0 aromatic carbocycles. The first-order valence-corrected chi connectivity index (χ1v) is 6.50. The van der Waals surface area contributed by atoms with E-state index in [1.165, 1.54) is 7.11 Å². The van der Waals surface area contributed by atoms with Crippen LogP contribution >= 0.6 is 0 Å². The largest absolute Gasteiger partial charge is 0.469 e. The van der Waals surface area contributed by atoms with E-state index in [9.17, 15) is 9.59 Å². The average Bonchev–Trinajstić information content (AvgIpc) is 2.40. The summed E-state index contributed by atoms with van der Waals surface area (Å²) < 4.78 is 18.9. The second-order valence-electron chi connectivity index (χ2n) is 3.28. The zero-order chi connectivity index (χ0) is 14.9. The van der Waals surface area contributed by atoms with Crippen LogP contribution in [0.4, 0.5) is 0 Å². The topological polar surface area (TPSA) is 71.1 Å². The number of carbonyl (C=O) groups excluding carboxylic acids is 2. The molecule has 0 fully saturated rings. The van der Waals surface area contributed by atoms with Gasteiger partial charge >= 0.3 is 11.9 Å². The normalized spacial score (nSPS) is 9.26. The van der Waals surface area contributed by atoms with Gasteiger partial charge in [0.25, 0.3) is 0 Å². The molecule has 0 heterocycles. The van der Waals surface area contributed by atoms with Gasteiger partial charge in [-0.1, -0.05) is 0 Å². The summed E-state index contributed by atoms with van der Waals surface area (Å²) in [6.07, 6.45) is 0.714. The Balaban J connectivity index is 0. The number of rotatable bonds is 9. The van der Waals surface area contributed by atoms with Crippen molar-refractivity contribution in [3.8, 4) is 0 Å². The SMILES string of the molecule is CCOCCC(=O)OC.CCOCCC(=O)OCC. The van der Waals surface area contributed by atoms with Crippen LogP contribution in [0.1, 0.15) is 33.6 Å². The molecular weight excluding hydrogens is 252 g/mol. The predicted molar refractivity (Wildman–Crippen MR) is 70.9 cm³/mol. The minimum atomic E-state index is -0.219. The summed E-state index contributed by atoms with van der Waals surface area (Å²) in [4.78, 5) is 21.0. The Kier molecular flexibility index (Phi) is 17.9. The molecule has 0 rings (SSSR count). The van der Waals surface area contributed by atoms with E-state index in [1.54, 1.807) is 6.92 Å². The van der Waals surface area contributed by atoms with Crippen molar-refractivity contribution in [2.24, 2.45) is 0 Å². The highest BCUT2D eigenvalue weighted by Gasteiger charge is 1.99. The van der Waals surface area contributed by atoms with Crippen LogP contribution in [0.3, 0.4) is 0 Å². The molecule has 0 saturated carbocycles. The number of carbonyl (C=O) groups is 2. The molecule has 0 unspecified atom stereocenters. The fourth-order valence-electron chi connectivity index (χ4n) is 0.935. The Hall–Kier alpha value is -1.14. The third kappa shape index (κ3) is 19.4. The molecule has 0 aliphatic rings. The molecular formula is C13H26O6. The first-order valence-electron chi connectivity index (χ1n) is 6.50. The van der Waals surface area contributed by atoms with Crippen molar-refractivity contribution in [1.82, 2.24) is 0 Å². The van der Waals surface area contributed by atoms with Gasteiger partial charge in [0.15, 0.2) is 0 Å². The highest BCUT2D eigenvalue weighted by atomic mass is 16.5. The van der Waals surface area contributed by atoms with E-state index in [-0.39, 0.29) is 11.9 Å². The Labute approximate surface area is 115 Å². The number of methoxy groups -OCH3 is 1. The van der Waals surface area contributed by atoms with Gasteiger partial charge in [0, 0.05) is 13.2 Å². The van der Waals surface area contributed by atoms with Crippen molar-refractivity contribution in [2.45, 2.75) is 33.6 Å². The third-order valence-electron chi connectivity index (χ3n) is 1.84. The van der Waals surface area contributed by atoms with Gasteiger partial charge in [0.1, 0.15) is 0 Å². The van der Waals surface area contributed by atoms with E-state index in [4.69, 9.17) is 9.47 Å². The molecule has 6 heteroatoms. The lowest BCUT2D eigenvalue weighted by molar-refractivity contribution is -0.144. The van der Waals surface area contributed by atoms with Crippen molar-refractivity contribution >= 4 is 11.9 Å². The summed E-state index contributed by atoms with van der Waals surface area (Å²) in [5.41, 5.74) is 0. The van der Waals surface area contributed by atoms with Gasteiger partial charge in [-0.15, -0.1) is 0 Å². The van der Waals surface area contributed by atoms with Crippen molar-refractivity contribution < 1.29 is 28.5 Å². The van der Waals surface area contributed by atoms with Gasteiger partial charge in [-0.3, -0.25) is 9.59 Å². The van der Waals surface area contributed by atoms with Gasteiger partial charge in [-0.25, -0.2) is 0 Å². The van der Waals surface area contributed by atoms with Crippen LogP contribution in [0.25, 0.3) is 0 Å². The quantitative estimate of drug-likeness (QED) is 0.471. The number of hydrogen-bond acceptors (Lipinski definition) is 6. The molecule has 0 amide bonds. The predicted octanol–water partition coefficient (Wildman–Crippen LogP) is 1.56. The first-order chi connectivity index (χ1) is 9.12. The number of ether oxygens (including phenoxy) is 4. The van der Waals surface area contributed by atoms with E-state index in [0.717, 1.165) is 0 Å². The highest BCUT2D eigenvalue weighted by molar-refractivity contribution is 5.69. The molecule has 19 heavy (non-hydrogen) atoms. The molecule has 0 spiro atoms. The van der Waals surface area contributed by atoms with Gasteiger partial charge in [0.2, 0.25) is 0 Å². The fraction of sp³-hybridized carbons (Fsp3) is 0.846. The average molecular weight is 278 g/mol. The third-order valence-corrected chi connectivity index (χ3v) is 1.84. The number of hydrogen-bond donors (Lipinski definition) is 0. The minimum Gasteiger partial charge on any atom is -0.469 e. The molecule has 0 N–H and O–H groups in total. The van der Waals surface area contributed by atoms with Crippen molar-refractivity contribution in [3.63, 3.8) is 0 Å². The molecule has 0 aliphatic carbocycles. The van der Waals surface area contributed by atoms with Crippen LogP contribution in [0.5, 0.6) is 0 Å². The summed E-state index contributed by atoms with van der Waals surface area (Å²) in [7, 11) is 1.37. The Morgan fingerprint density at radius 3 is 1.63 bits per heavy atom. The fourth-order valence-corrected chi connectivity index (χ4v) is 0.935. The summed E-state index contributed by atoms with van der Waals surface area (Å²) in [6.45, 7) is 8.25. The van der Waals surface area contributed by atoms with Gasteiger partial charge in [0.05, 0.1) is 39.8 Å². The highest BCUT2D eigenvalue weighted by Crippen LogP contribution is 1.87. The number of esters is 2. The van der Waals surface area contributed by atoms with Crippen LogP contribution < -0.4 is 0 Å². The lowest BCUT2D eigenvalue weighted by Gasteiger charge is -2.00. The van der Waals surface area contributed by atoms with E-state index < -0.39 is 0 Å². The molecule has 0 radical (unpaired) electrons. The molecule has 0 aromatic rings. The Morgan fingerprint density at radius 2 is 1.26 bits per heavy atom. The molecule has 0 aliphatic heterocycles. The van der Waals surface area contributed by atoms with Crippen LogP contribution in [-0.2, 0) is 28.5 Å². The summed E-state index contributed by atoms with van der Waals surface area (Å²) >= 11 is 0. The molecule has 114 valence electrons. The summed E-state index contributed by atoms with van der Waals surface area (Å²) in [5.74, 6) is -0.403. The lowest BCUT2D eigenvalue weighted by atomic mass is 10.5. The lowest BCUT2D eigenvalue weighted by Crippen LogP contribution is -2.07. The monoisotopic (exact) mass is 278 g/mol. The van der Waals surface area contributed by atoms with Gasteiger partial charge in [-0.05, 0) is 20.8 Å².